The fourth-order valence-electron chi connectivity index (χ4n) is 0.206. The van der Waals surface area contributed by atoms with Crippen molar-refractivity contribution in [3.63, 3.8) is 0 Å². The van der Waals surface area contributed by atoms with Gasteiger partial charge in [0.2, 0.25) is 0 Å². The molecule has 0 N–H and O–H groups in total. The lowest BCUT2D eigenvalue weighted by molar-refractivity contribution is -0.152. The molecule has 156 valence electrons. The van der Waals surface area contributed by atoms with Crippen molar-refractivity contribution in [3.8, 4) is 6.07 Å². The fourth-order valence-corrected chi connectivity index (χ4v) is 0.206. The number of alkyl halides is 3. The molecule has 0 saturated heterocycles. The molecule has 0 rings (SSSR count). The van der Waals surface area contributed by atoms with Gasteiger partial charge in [0.05, 0.1) is 18.3 Å². The molecule has 0 saturated carbocycles. The van der Waals surface area contributed by atoms with Gasteiger partial charge in [-0.1, -0.05) is 20.8 Å². The van der Waals surface area contributed by atoms with Crippen LogP contribution in [-0.2, 0) is 9.47 Å². The maximum atomic E-state index is 11.1. The van der Waals surface area contributed by atoms with E-state index in [-0.39, 0.29) is 12.0 Å². The van der Waals surface area contributed by atoms with Crippen LogP contribution in [0.2, 0.25) is 0 Å². The number of rotatable bonds is 3. The highest BCUT2D eigenvalue weighted by Gasteiger charge is 2.02. The second-order valence-corrected chi connectivity index (χ2v) is 7.63. The Bertz CT molecular complexity index is 237. The van der Waals surface area contributed by atoms with Crippen molar-refractivity contribution in [2.75, 3.05) is 7.11 Å². The smallest absolute Gasteiger partial charge is 0.345 e. The van der Waals surface area contributed by atoms with Crippen LogP contribution in [-0.4, -0.2) is 31.3 Å². The Hall–Kier alpha value is -0.440. The normalized spacial score (nSPS) is 9.44. The van der Waals surface area contributed by atoms with Gasteiger partial charge in [0, 0.05) is 18.4 Å². The van der Waals surface area contributed by atoms with Gasteiger partial charge in [-0.25, -0.2) is 0 Å². The van der Waals surface area contributed by atoms with Crippen LogP contribution >= 0.6 is 11.6 Å². The second-order valence-electron chi connectivity index (χ2n) is 6.76. The summed E-state index contributed by atoms with van der Waals surface area (Å²) in [6, 6.07) is 2.03. The molecule has 0 amide bonds. The topological polar surface area (TPSA) is 42.2 Å². The van der Waals surface area contributed by atoms with Gasteiger partial charge in [0.1, 0.15) is 0 Å². The van der Waals surface area contributed by atoms with Crippen LogP contribution in [0.4, 0.5) is 8.78 Å². The molecular weight excluding hydrogens is 348 g/mol. The Balaban J connectivity index is -0.0000000679. The standard InChI is InChI=1S/C4H8F2O.C4H7N.C4H10O.C4H10.C3H7Cl/c1-3(2)7-4(5)6;1-4(2)3-5;1-4(2)5-3;1-4(2)3;1-3(2)4/h3-4H,1-2H3;4H,1-2H3;4H,1-3H3;4H,1-3H3;3H,1-2H3. The maximum absolute atomic E-state index is 11.1. The molecule has 0 bridgehead atoms. The van der Waals surface area contributed by atoms with Crippen molar-refractivity contribution < 1.29 is 18.3 Å². The molecule has 0 unspecified atom stereocenters. The molecule has 0 radical (unpaired) electrons. The zero-order chi connectivity index (χ0) is 21.6. The van der Waals surface area contributed by atoms with Gasteiger partial charge in [-0.15, -0.1) is 11.6 Å². The predicted molar refractivity (Wildman–Crippen MR) is 106 cm³/mol. The largest absolute Gasteiger partial charge is 0.382 e. The van der Waals surface area contributed by atoms with Crippen LogP contribution in [0.25, 0.3) is 0 Å². The number of methoxy groups -OCH3 is 1. The summed E-state index contributed by atoms with van der Waals surface area (Å²) in [5.74, 6) is 1.02. The van der Waals surface area contributed by atoms with E-state index in [1.54, 1.807) is 21.0 Å². The highest BCUT2D eigenvalue weighted by atomic mass is 35.5. The summed E-state index contributed by atoms with van der Waals surface area (Å²) in [5, 5.41) is 8.20. The number of hydrogen-bond donors (Lipinski definition) is 0. The minimum atomic E-state index is -2.63. The molecule has 0 spiro atoms. The summed E-state index contributed by atoms with van der Waals surface area (Å²) < 4.78 is 30.8. The Kier molecular flexibility index (Phi) is 40.4. The van der Waals surface area contributed by atoms with Crippen molar-refractivity contribution in [1.82, 2.24) is 0 Å². The quantitative estimate of drug-likeness (QED) is 0.481. The lowest BCUT2D eigenvalue weighted by Gasteiger charge is -2.02. The highest BCUT2D eigenvalue weighted by molar-refractivity contribution is 6.20. The van der Waals surface area contributed by atoms with Crippen LogP contribution in [0, 0.1) is 23.2 Å². The number of nitrogens with zero attached hydrogens (tertiary/aromatic N) is 1. The Morgan fingerprint density at radius 2 is 1.00 bits per heavy atom. The molecule has 3 nitrogen and oxygen atoms in total. The van der Waals surface area contributed by atoms with Crippen molar-refractivity contribution in [2.24, 2.45) is 11.8 Å². The average molecular weight is 390 g/mol. The van der Waals surface area contributed by atoms with Crippen LogP contribution in [0.1, 0.15) is 76.2 Å². The first-order chi connectivity index (χ1) is 11.1. The van der Waals surface area contributed by atoms with Gasteiger partial charge in [-0.2, -0.15) is 14.0 Å². The van der Waals surface area contributed by atoms with E-state index in [0.717, 1.165) is 5.92 Å². The molecule has 0 heterocycles. The van der Waals surface area contributed by atoms with Gasteiger partial charge in [-0.05, 0) is 61.3 Å². The van der Waals surface area contributed by atoms with Crippen molar-refractivity contribution in [1.29, 1.82) is 5.26 Å². The van der Waals surface area contributed by atoms with E-state index in [0.29, 0.717) is 11.5 Å². The van der Waals surface area contributed by atoms with Crippen LogP contribution in [0.15, 0.2) is 0 Å². The number of nitriles is 1. The molecule has 0 aliphatic heterocycles. The first-order valence-corrected chi connectivity index (χ1v) is 9.07. The summed E-state index contributed by atoms with van der Waals surface area (Å²) in [6.45, 7) is 18.6. The monoisotopic (exact) mass is 389 g/mol. The molecule has 0 aliphatic carbocycles. The van der Waals surface area contributed by atoms with E-state index < -0.39 is 6.61 Å². The first kappa shape index (κ1) is 35.6. The SMILES string of the molecule is CC(C)C.CC(C)C#N.CC(C)Cl.CC(C)OC(F)F.COC(C)C. The summed E-state index contributed by atoms with van der Waals surface area (Å²) >= 11 is 5.27. The van der Waals surface area contributed by atoms with E-state index in [2.05, 4.69) is 25.5 Å². The van der Waals surface area contributed by atoms with E-state index >= 15 is 0 Å². The molecule has 0 fully saturated rings. The van der Waals surface area contributed by atoms with Crippen molar-refractivity contribution in [2.45, 2.75) is 100 Å². The van der Waals surface area contributed by atoms with Crippen molar-refractivity contribution >= 4 is 11.6 Å². The highest BCUT2D eigenvalue weighted by Crippen LogP contribution is 1.98. The lowest BCUT2D eigenvalue weighted by atomic mass is 10.3. The van der Waals surface area contributed by atoms with E-state index in [1.165, 1.54) is 0 Å². The third-order valence-corrected chi connectivity index (χ3v) is 1.10. The van der Waals surface area contributed by atoms with Crippen LogP contribution in [0.3, 0.4) is 0 Å². The Morgan fingerprint density at radius 3 is 1.00 bits per heavy atom. The minimum Gasteiger partial charge on any atom is -0.382 e. The zero-order valence-electron chi connectivity index (χ0n) is 18.4. The third-order valence-electron chi connectivity index (χ3n) is 1.10. The van der Waals surface area contributed by atoms with E-state index in [1.807, 2.05) is 47.6 Å². The molecule has 0 aromatic carbocycles. The molecule has 6 heteroatoms. The second kappa shape index (κ2) is 28.4. The summed E-state index contributed by atoms with van der Waals surface area (Å²) in [5.41, 5.74) is 0. The van der Waals surface area contributed by atoms with Crippen LogP contribution in [0.5, 0.6) is 0 Å². The average Bonchev–Trinajstić information content (AvgIpc) is 2.36. The molecular formula is C19H42ClF2NO2. The number of ether oxygens (including phenoxy) is 2. The number of halogens is 3. The molecule has 0 aromatic heterocycles. The molecule has 0 aliphatic rings. The van der Waals surface area contributed by atoms with Crippen molar-refractivity contribution in [3.05, 3.63) is 0 Å². The van der Waals surface area contributed by atoms with E-state index in [4.69, 9.17) is 21.6 Å². The van der Waals surface area contributed by atoms with Gasteiger partial charge in [0.25, 0.3) is 0 Å². The zero-order valence-corrected chi connectivity index (χ0v) is 19.1. The van der Waals surface area contributed by atoms with E-state index in [9.17, 15) is 8.78 Å². The molecule has 25 heavy (non-hydrogen) atoms. The summed E-state index contributed by atoms with van der Waals surface area (Å²) in [4.78, 5) is 0. The van der Waals surface area contributed by atoms with Gasteiger partial charge < -0.3 is 9.47 Å². The molecule has 0 atom stereocenters. The first-order valence-electron chi connectivity index (χ1n) is 8.63. The van der Waals surface area contributed by atoms with Gasteiger partial charge in [-0.3, -0.25) is 0 Å². The lowest BCUT2D eigenvalue weighted by Crippen LogP contribution is -2.06. The summed E-state index contributed by atoms with van der Waals surface area (Å²) in [7, 11) is 1.70. The minimum absolute atomic E-state index is 0.190. The fraction of sp³-hybridized carbons (Fsp3) is 0.947. The third kappa shape index (κ3) is 192. The predicted octanol–water partition coefficient (Wildman–Crippen LogP) is 7.14. The Labute approximate surface area is 161 Å². The maximum Gasteiger partial charge on any atom is 0.345 e. The van der Waals surface area contributed by atoms with Crippen LogP contribution < -0.4 is 0 Å². The number of hydrogen-bond acceptors (Lipinski definition) is 3. The molecule has 0 aromatic rings. The Morgan fingerprint density at radius 1 is 0.800 bits per heavy atom. The summed E-state index contributed by atoms with van der Waals surface area (Å²) in [6.07, 6.45) is 0.00926. The van der Waals surface area contributed by atoms with Gasteiger partial charge in [0.15, 0.2) is 0 Å². The van der Waals surface area contributed by atoms with Gasteiger partial charge >= 0.3 is 6.61 Å².